The molecule has 0 fully saturated rings. The number of hydrogen-bond acceptors (Lipinski definition) is 2. The molecule has 0 aromatic heterocycles. The van der Waals surface area contributed by atoms with E-state index in [0.29, 0.717) is 12.8 Å². The molecule has 0 saturated carbocycles. The number of ether oxygens (including phenoxy) is 1. The Morgan fingerprint density at radius 3 is 2.69 bits per heavy atom. The normalized spacial score (nSPS) is 10.2. The van der Waals surface area contributed by atoms with E-state index in [1.165, 1.54) is 6.92 Å². The predicted octanol–water partition coefficient (Wildman–Crippen LogP) is 3.48. The summed E-state index contributed by atoms with van der Waals surface area (Å²) in [5.41, 5.74) is 0. The molecule has 0 aliphatic carbocycles. The van der Waals surface area contributed by atoms with E-state index < -0.39 is 11.6 Å². The number of Topliss-reactive ketones (excluding diaryl/α,β-unsaturated/α-hetero) is 1. The molecule has 0 unspecified atom stereocenters. The highest BCUT2D eigenvalue weighted by atomic mass is 79.9. The molecular weight excluding hydrogens is 282 g/mol. The van der Waals surface area contributed by atoms with Crippen molar-refractivity contribution < 1.29 is 18.3 Å². The molecule has 0 atom stereocenters. The van der Waals surface area contributed by atoms with Crippen molar-refractivity contribution >= 4 is 21.7 Å². The second-order valence-electron chi connectivity index (χ2n) is 3.35. The third-order valence-corrected chi connectivity index (χ3v) is 2.47. The first kappa shape index (κ1) is 13.1. The maximum atomic E-state index is 13.2. The summed E-state index contributed by atoms with van der Waals surface area (Å²) >= 11 is 3.01. The SMILES string of the molecule is CC(=O)CCCOc1c(F)cc(F)cc1Br. The molecule has 0 heterocycles. The van der Waals surface area contributed by atoms with Crippen molar-refractivity contribution in [3.63, 3.8) is 0 Å². The van der Waals surface area contributed by atoms with E-state index in [2.05, 4.69) is 15.9 Å². The summed E-state index contributed by atoms with van der Waals surface area (Å²) in [6.45, 7) is 1.70. The lowest BCUT2D eigenvalue weighted by Gasteiger charge is -2.08. The van der Waals surface area contributed by atoms with E-state index in [0.717, 1.165) is 12.1 Å². The van der Waals surface area contributed by atoms with Crippen molar-refractivity contribution in [2.75, 3.05) is 6.61 Å². The van der Waals surface area contributed by atoms with Gasteiger partial charge in [-0.1, -0.05) is 0 Å². The number of benzene rings is 1. The van der Waals surface area contributed by atoms with Crippen LogP contribution in [-0.4, -0.2) is 12.4 Å². The molecule has 0 radical (unpaired) electrons. The summed E-state index contributed by atoms with van der Waals surface area (Å²) in [5.74, 6) is -1.39. The average molecular weight is 293 g/mol. The maximum absolute atomic E-state index is 13.2. The Morgan fingerprint density at radius 1 is 1.44 bits per heavy atom. The molecule has 1 rings (SSSR count). The minimum Gasteiger partial charge on any atom is -0.489 e. The smallest absolute Gasteiger partial charge is 0.169 e. The van der Waals surface area contributed by atoms with Crippen LogP contribution in [0.4, 0.5) is 8.78 Å². The zero-order valence-corrected chi connectivity index (χ0v) is 10.3. The van der Waals surface area contributed by atoms with Crippen LogP contribution in [0.15, 0.2) is 16.6 Å². The lowest BCUT2D eigenvalue weighted by molar-refractivity contribution is -0.117. The topological polar surface area (TPSA) is 26.3 Å². The quantitative estimate of drug-likeness (QED) is 0.777. The van der Waals surface area contributed by atoms with Gasteiger partial charge >= 0.3 is 0 Å². The van der Waals surface area contributed by atoms with Crippen LogP contribution in [0.5, 0.6) is 5.75 Å². The first-order valence-corrected chi connectivity index (χ1v) is 5.57. The van der Waals surface area contributed by atoms with Crippen molar-refractivity contribution in [1.82, 2.24) is 0 Å². The molecule has 0 aliphatic heterocycles. The molecule has 5 heteroatoms. The van der Waals surface area contributed by atoms with Crippen LogP contribution < -0.4 is 4.74 Å². The summed E-state index contributed by atoms with van der Waals surface area (Å²) in [5, 5.41) is 0. The van der Waals surface area contributed by atoms with Gasteiger partial charge in [0.1, 0.15) is 11.6 Å². The highest BCUT2D eigenvalue weighted by Crippen LogP contribution is 2.29. The number of halogens is 3. The second kappa shape index (κ2) is 5.94. The Kier molecular flexibility index (Phi) is 4.86. The molecule has 88 valence electrons. The van der Waals surface area contributed by atoms with Crippen LogP contribution in [0.3, 0.4) is 0 Å². The third-order valence-electron chi connectivity index (χ3n) is 1.88. The van der Waals surface area contributed by atoms with Gasteiger partial charge in [0.2, 0.25) is 0 Å². The Labute approximate surface area is 101 Å². The molecule has 16 heavy (non-hydrogen) atoms. The summed E-state index contributed by atoms with van der Waals surface area (Å²) in [4.78, 5) is 10.6. The minimum atomic E-state index is -0.755. The molecule has 0 aliphatic rings. The molecule has 0 amide bonds. The lowest BCUT2D eigenvalue weighted by Crippen LogP contribution is -2.02. The van der Waals surface area contributed by atoms with Crippen LogP contribution in [0.2, 0.25) is 0 Å². The summed E-state index contributed by atoms with van der Waals surface area (Å²) in [7, 11) is 0. The van der Waals surface area contributed by atoms with E-state index >= 15 is 0 Å². The Morgan fingerprint density at radius 2 is 2.12 bits per heavy atom. The molecule has 0 N–H and O–H groups in total. The van der Waals surface area contributed by atoms with Crippen LogP contribution in [0.25, 0.3) is 0 Å². The number of ketones is 1. The van der Waals surface area contributed by atoms with E-state index in [1.807, 2.05) is 0 Å². The summed E-state index contributed by atoms with van der Waals surface area (Å²) in [6, 6.07) is 1.88. The maximum Gasteiger partial charge on any atom is 0.169 e. The Balaban J connectivity index is 2.57. The van der Waals surface area contributed by atoms with Gasteiger partial charge in [0.25, 0.3) is 0 Å². The predicted molar refractivity (Wildman–Crippen MR) is 59.5 cm³/mol. The van der Waals surface area contributed by atoms with Gasteiger partial charge in [-0.05, 0) is 35.3 Å². The van der Waals surface area contributed by atoms with E-state index in [-0.39, 0.29) is 22.6 Å². The highest BCUT2D eigenvalue weighted by Gasteiger charge is 2.10. The van der Waals surface area contributed by atoms with Crippen LogP contribution >= 0.6 is 15.9 Å². The Hall–Kier alpha value is -0.970. The zero-order valence-electron chi connectivity index (χ0n) is 8.73. The molecule has 1 aromatic carbocycles. The Bertz CT molecular complexity index is 371. The van der Waals surface area contributed by atoms with Crippen molar-refractivity contribution in [3.8, 4) is 5.75 Å². The number of carbonyl (C=O) groups excluding carboxylic acids is 1. The molecule has 0 saturated heterocycles. The molecule has 0 bridgehead atoms. The average Bonchev–Trinajstić information content (AvgIpc) is 2.14. The lowest BCUT2D eigenvalue weighted by atomic mass is 10.2. The number of hydrogen-bond donors (Lipinski definition) is 0. The summed E-state index contributed by atoms with van der Waals surface area (Å²) in [6.07, 6.45) is 0.902. The van der Waals surface area contributed by atoms with E-state index in [9.17, 15) is 13.6 Å². The fraction of sp³-hybridized carbons (Fsp3) is 0.364. The largest absolute Gasteiger partial charge is 0.489 e. The molecule has 0 spiro atoms. The standard InChI is InChI=1S/C11H11BrF2O2/c1-7(15)3-2-4-16-11-9(12)5-8(13)6-10(11)14/h5-6H,2-4H2,1H3. The van der Waals surface area contributed by atoms with Gasteiger partial charge in [-0.3, -0.25) is 0 Å². The van der Waals surface area contributed by atoms with Crippen molar-refractivity contribution in [2.24, 2.45) is 0 Å². The van der Waals surface area contributed by atoms with Crippen LogP contribution in [0.1, 0.15) is 19.8 Å². The summed E-state index contributed by atoms with van der Waals surface area (Å²) < 4.78 is 31.3. The van der Waals surface area contributed by atoms with Gasteiger partial charge < -0.3 is 9.53 Å². The highest BCUT2D eigenvalue weighted by molar-refractivity contribution is 9.10. The minimum absolute atomic E-state index is 0.0232. The van der Waals surface area contributed by atoms with Gasteiger partial charge in [0.05, 0.1) is 11.1 Å². The fourth-order valence-electron chi connectivity index (χ4n) is 1.16. The van der Waals surface area contributed by atoms with E-state index in [1.54, 1.807) is 0 Å². The van der Waals surface area contributed by atoms with Gasteiger partial charge in [-0.2, -0.15) is 0 Å². The van der Waals surface area contributed by atoms with Gasteiger partial charge in [-0.25, -0.2) is 8.78 Å². The third kappa shape index (κ3) is 3.89. The van der Waals surface area contributed by atoms with Gasteiger partial charge in [-0.15, -0.1) is 0 Å². The second-order valence-corrected chi connectivity index (χ2v) is 4.21. The first-order valence-electron chi connectivity index (χ1n) is 4.77. The molecule has 1 aromatic rings. The number of carbonyl (C=O) groups is 1. The van der Waals surface area contributed by atoms with Crippen molar-refractivity contribution in [1.29, 1.82) is 0 Å². The zero-order chi connectivity index (χ0) is 12.1. The molecule has 2 nitrogen and oxygen atoms in total. The van der Waals surface area contributed by atoms with Gasteiger partial charge in [0, 0.05) is 12.5 Å². The van der Waals surface area contributed by atoms with Crippen LogP contribution in [0, 0.1) is 11.6 Å². The number of rotatable bonds is 5. The van der Waals surface area contributed by atoms with Crippen molar-refractivity contribution in [2.45, 2.75) is 19.8 Å². The van der Waals surface area contributed by atoms with Crippen molar-refractivity contribution in [3.05, 3.63) is 28.2 Å². The molecular formula is C11H11BrF2O2. The monoisotopic (exact) mass is 292 g/mol. The van der Waals surface area contributed by atoms with E-state index in [4.69, 9.17) is 4.74 Å². The van der Waals surface area contributed by atoms with Gasteiger partial charge in [0.15, 0.2) is 11.6 Å². The first-order chi connectivity index (χ1) is 7.50. The fourth-order valence-corrected chi connectivity index (χ4v) is 1.68. The van der Waals surface area contributed by atoms with Crippen LogP contribution in [-0.2, 0) is 4.79 Å².